The number of rotatable bonds is 10. The van der Waals surface area contributed by atoms with E-state index in [0.29, 0.717) is 49.5 Å². The molecule has 3 aromatic rings. The number of hydrogen-bond donors (Lipinski definition) is 1. The Morgan fingerprint density at radius 1 is 0.975 bits per heavy atom. The maximum atomic E-state index is 13.6. The lowest BCUT2D eigenvalue weighted by molar-refractivity contribution is -0.130. The standard InChI is InChI=1S/C29H25Br2FN2O6/c1-3-9-39-24-8-7-17(11-25(24)38-2)15-34-28(36)22(27(35)33-29(34)37)13-19-12-20(30)14-23(31)26(19)40-16-18-5-4-6-21(32)10-18/h4-8,10-14H,3,9,15-16H2,1-2H3,(H,33,35,37)/b22-13+. The van der Waals surface area contributed by atoms with Gasteiger partial charge in [-0.2, -0.15) is 0 Å². The van der Waals surface area contributed by atoms with Gasteiger partial charge in [-0.3, -0.25) is 19.8 Å². The van der Waals surface area contributed by atoms with E-state index in [1.54, 1.807) is 42.5 Å². The summed E-state index contributed by atoms with van der Waals surface area (Å²) in [5.41, 5.74) is 1.33. The monoisotopic (exact) mass is 674 g/mol. The molecule has 11 heteroatoms. The highest BCUT2D eigenvalue weighted by Gasteiger charge is 2.36. The smallest absolute Gasteiger partial charge is 0.331 e. The number of amides is 4. The molecule has 1 heterocycles. The number of methoxy groups -OCH3 is 1. The van der Waals surface area contributed by atoms with E-state index in [4.69, 9.17) is 14.2 Å². The number of urea groups is 1. The van der Waals surface area contributed by atoms with E-state index in [-0.39, 0.29) is 18.7 Å². The minimum absolute atomic E-state index is 0.0404. The fourth-order valence-corrected chi connectivity index (χ4v) is 5.31. The molecule has 40 heavy (non-hydrogen) atoms. The zero-order chi connectivity index (χ0) is 28.8. The Hall–Kier alpha value is -3.70. The minimum atomic E-state index is -0.838. The Bertz CT molecular complexity index is 1490. The topological polar surface area (TPSA) is 94.2 Å². The summed E-state index contributed by atoms with van der Waals surface area (Å²) in [6.45, 7) is 2.43. The molecule has 0 bridgehead atoms. The molecule has 0 spiro atoms. The number of ether oxygens (including phenoxy) is 3. The predicted molar refractivity (Wildman–Crippen MR) is 153 cm³/mol. The van der Waals surface area contributed by atoms with Gasteiger partial charge in [0.2, 0.25) is 0 Å². The normalized spacial score (nSPS) is 14.4. The van der Waals surface area contributed by atoms with Crippen molar-refractivity contribution in [2.24, 2.45) is 0 Å². The lowest BCUT2D eigenvalue weighted by atomic mass is 10.1. The van der Waals surface area contributed by atoms with E-state index >= 15 is 0 Å². The van der Waals surface area contributed by atoms with Crippen LogP contribution in [0.15, 0.2) is 69.1 Å². The molecule has 1 fully saturated rings. The average Bonchev–Trinajstić information content (AvgIpc) is 2.91. The van der Waals surface area contributed by atoms with Crippen LogP contribution in [0.4, 0.5) is 9.18 Å². The van der Waals surface area contributed by atoms with Crippen molar-refractivity contribution in [1.82, 2.24) is 10.2 Å². The number of barbiturate groups is 1. The maximum absolute atomic E-state index is 13.6. The number of nitrogens with zero attached hydrogens (tertiary/aromatic N) is 1. The first-order valence-corrected chi connectivity index (χ1v) is 13.8. The zero-order valence-electron chi connectivity index (χ0n) is 21.6. The molecule has 1 saturated heterocycles. The van der Waals surface area contributed by atoms with E-state index in [1.165, 1.54) is 25.3 Å². The summed E-state index contributed by atoms with van der Waals surface area (Å²) in [4.78, 5) is 39.8. The van der Waals surface area contributed by atoms with Gasteiger partial charge in [0.15, 0.2) is 11.5 Å². The van der Waals surface area contributed by atoms with E-state index in [0.717, 1.165) is 11.3 Å². The van der Waals surface area contributed by atoms with E-state index < -0.39 is 23.7 Å². The quantitative estimate of drug-likeness (QED) is 0.198. The Kier molecular flexibility index (Phi) is 9.59. The number of imide groups is 2. The molecule has 0 aliphatic carbocycles. The summed E-state index contributed by atoms with van der Waals surface area (Å²) in [5, 5.41) is 2.23. The fourth-order valence-electron chi connectivity index (χ4n) is 3.94. The average molecular weight is 676 g/mol. The van der Waals surface area contributed by atoms with Crippen molar-refractivity contribution >= 4 is 55.8 Å². The summed E-state index contributed by atoms with van der Waals surface area (Å²) in [7, 11) is 1.50. The van der Waals surface area contributed by atoms with Gasteiger partial charge in [-0.15, -0.1) is 0 Å². The fraction of sp³-hybridized carbons (Fsp3) is 0.207. The Labute approximate surface area is 247 Å². The summed E-state index contributed by atoms with van der Waals surface area (Å²) in [6.07, 6.45) is 2.18. The van der Waals surface area contributed by atoms with Crippen molar-refractivity contribution in [3.8, 4) is 17.2 Å². The van der Waals surface area contributed by atoms with Gasteiger partial charge in [-0.1, -0.05) is 41.1 Å². The lowest BCUT2D eigenvalue weighted by Crippen LogP contribution is -2.53. The summed E-state index contributed by atoms with van der Waals surface area (Å²) >= 11 is 6.86. The minimum Gasteiger partial charge on any atom is -0.493 e. The molecule has 0 aromatic heterocycles. The number of nitrogens with one attached hydrogen (secondary N) is 1. The predicted octanol–water partition coefficient (Wildman–Crippen LogP) is 6.39. The first kappa shape index (κ1) is 29.3. The van der Waals surface area contributed by atoms with Gasteiger partial charge in [0.25, 0.3) is 11.8 Å². The second-order valence-electron chi connectivity index (χ2n) is 8.77. The van der Waals surface area contributed by atoms with Crippen molar-refractivity contribution in [1.29, 1.82) is 0 Å². The molecule has 1 aliphatic rings. The number of carbonyl (C=O) groups is 3. The maximum Gasteiger partial charge on any atom is 0.331 e. The number of hydrogen-bond acceptors (Lipinski definition) is 6. The van der Waals surface area contributed by atoms with Crippen molar-refractivity contribution in [2.75, 3.05) is 13.7 Å². The zero-order valence-corrected chi connectivity index (χ0v) is 24.8. The van der Waals surface area contributed by atoms with Crippen molar-refractivity contribution < 1.29 is 33.0 Å². The molecule has 4 rings (SSSR count). The van der Waals surface area contributed by atoms with Gasteiger partial charge < -0.3 is 14.2 Å². The molecule has 1 N–H and O–H groups in total. The molecular weight excluding hydrogens is 651 g/mol. The van der Waals surface area contributed by atoms with Crippen LogP contribution < -0.4 is 19.5 Å². The molecule has 3 aromatic carbocycles. The van der Waals surface area contributed by atoms with Gasteiger partial charge in [0.1, 0.15) is 23.7 Å². The second-order valence-corrected chi connectivity index (χ2v) is 10.5. The Morgan fingerprint density at radius 3 is 2.50 bits per heavy atom. The van der Waals surface area contributed by atoms with Crippen LogP contribution in [0.2, 0.25) is 0 Å². The van der Waals surface area contributed by atoms with Gasteiger partial charge in [-0.05, 0) is 76.0 Å². The van der Waals surface area contributed by atoms with Crippen LogP contribution in [0.1, 0.15) is 30.0 Å². The number of halogens is 3. The van der Waals surface area contributed by atoms with Crippen LogP contribution in [-0.4, -0.2) is 36.5 Å². The van der Waals surface area contributed by atoms with Crippen LogP contribution in [-0.2, 0) is 22.7 Å². The summed E-state index contributed by atoms with van der Waals surface area (Å²) in [5.74, 6) is -0.666. The van der Waals surface area contributed by atoms with Crippen molar-refractivity contribution in [2.45, 2.75) is 26.5 Å². The van der Waals surface area contributed by atoms with Gasteiger partial charge in [-0.25, -0.2) is 9.18 Å². The van der Waals surface area contributed by atoms with Gasteiger partial charge >= 0.3 is 6.03 Å². The summed E-state index contributed by atoms with van der Waals surface area (Å²) < 4.78 is 31.8. The van der Waals surface area contributed by atoms with Crippen LogP contribution in [0.25, 0.3) is 6.08 Å². The van der Waals surface area contributed by atoms with E-state index in [1.807, 2.05) is 6.92 Å². The highest BCUT2D eigenvalue weighted by molar-refractivity contribution is 9.11. The first-order chi connectivity index (χ1) is 19.2. The van der Waals surface area contributed by atoms with Crippen molar-refractivity contribution in [3.63, 3.8) is 0 Å². The molecule has 1 aliphatic heterocycles. The Morgan fingerprint density at radius 2 is 1.77 bits per heavy atom. The third kappa shape index (κ3) is 6.89. The van der Waals surface area contributed by atoms with Crippen LogP contribution in [0.3, 0.4) is 0 Å². The van der Waals surface area contributed by atoms with E-state index in [2.05, 4.69) is 37.2 Å². The Balaban J connectivity index is 1.62. The van der Waals surface area contributed by atoms with Crippen LogP contribution in [0.5, 0.6) is 17.2 Å². The van der Waals surface area contributed by atoms with Crippen LogP contribution >= 0.6 is 31.9 Å². The molecule has 4 amide bonds. The first-order valence-electron chi connectivity index (χ1n) is 12.2. The third-order valence-electron chi connectivity index (χ3n) is 5.83. The molecule has 8 nitrogen and oxygen atoms in total. The van der Waals surface area contributed by atoms with Gasteiger partial charge in [0.05, 0.1) is 24.7 Å². The molecular formula is C29H25Br2FN2O6. The number of carbonyl (C=O) groups excluding carboxylic acids is 3. The lowest BCUT2D eigenvalue weighted by Gasteiger charge is -2.27. The highest BCUT2D eigenvalue weighted by Crippen LogP contribution is 2.36. The number of benzene rings is 3. The highest BCUT2D eigenvalue weighted by atomic mass is 79.9. The SMILES string of the molecule is CCCOc1ccc(CN2C(=O)NC(=O)/C(=C\c3cc(Br)cc(Br)c3OCc3cccc(F)c3)C2=O)cc1OC. The third-order valence-corrected chi connectivity index (χ3v) is 6.87. The molecule has 0 atom stereocenters. The molecule has 0 saturated carbocycles. The largest absolute Gasteiger partial charge is 0.493 e. The molecule has 208 valence electrons. The summed E-state index contributed by atoms with van der Waals surface area (Å²) in [6, 6.07) is 13.6. The molecule has 0 unspecified atom stereocenters. The van der Waals surface area contributed by atoms with Crippen molar-refractivity contribution in [3.05, 3.63) is 91.6 Å². The van der Waals surface area contributed by atoms with Crippen LogP contribution in [0, 0.1) is 5.82 Å². The van der Waals surface area contributed by atoms with Gasteiger partial charge in [0, 0.05) is 10.0 Å². The molecule has 0 radical (unpaired) electrons. The van der Waals surface area contributed by atoms with E-state index in [9.17, 15) is 18.8 Å². The second kappa shape index (κ2) is 13.1.